The van der Waals surface area contributed by atoms with E-state index in [0.29, 0.717) is 12.8 Å². The molecule has 0 spiro atoms. The summed E-state index contributed by atoms with van der Waals surface area (Å²) in [7, 11) is 0. The molecule has 8 unspecified atom stereocenters. The summed E-state index contributed by atoms with van der Waals surface area (Å²) in [5.41, 5.74) is 0. The number of hydrogen-bond acceptors (Lipinski definition) is 10. The number of carbonyl (C=O) groups is 2. The Morgan fingerprint density at radius 2 is 0.867 bits per heavy atom. The summed E-state index contributed by atoms with van der Waals surface area (Å²) in [5, 5.41) is 57.1. The maximum Gasteiger partial charge on any atom is 0.306 e. The van der Waals surface area contributed by atoms with Crippen molar-refractivity contribution in [2.45, 2.75) is 307 Å². The fraction of sp³-hybridized carbons (Fsp3) is 0.694. The maximum absolute atomic E-state index is 13.5. The lowest BCUT2D eigenvalue weighted by Crippen LogP contribution is -2.61. The van der Waals surface area contributed by atoms with Crippen LogP contribution in [0, 0.1) is 0 Å². The van der Waals surface area contributed by atoms with Crippen LogP contribution in [0.2, 0.25) is 0 Å². The van der Waals surface area contributed by atoms with Crippen LogP contribution in [0.4, 0.5) is 0 Å². The van der Waals surface area contributed by atoms with E-state index < -0.39 is 67.4 Å². The molecule has 0 saturated carbocycles. The van der Waals surface area contributed by atoms with E-state index in [-0.39, 0.29) is 19.4 Å². The van der Waals surface area contributed by atoms with Gasteiger partial charge >= 0.3 is 5.97 Å². The van der Waals surface area contributed by atoms with Gasteiger partial charge in [0.2, 0.25) is 5.91 Å². The number of nitrogens with one attached hydrogen (secondary N) is 1. The zero-order valence-electron chi connectivity index (χ0n) is 52.5. The van der Waals surface area contributed by atoms with Crippen molar-refractivity contribution in [2.24, 2.45) is 0 Å². The predicted molar refractivity (Wildman–Crippen MR) is 347 cm³/mol. The SMILES string of the molecule is CC/C=C\C/C=C\C/C=C\C/C=C\C/C=C\C/C=C\CCCCCCCC(O)C(=O)NC(COC1OC(CO)C(O)C(O)C1OC(=O)CCCCCC/C=C\C/C=C\C/C=C\CCCCC)C(O)/C=C/CCCCCCCCCCCCC. The van der Waals surface area contributed by atoms with E-state index in [0.717, 1.165) is 141 Å². The quantitative estimate of drug-likeness (QED) is 0.0195. The molecule has 0 aliphatic carbocycles. The molecule has 11 heteroatoms. The van der Waals surface area contributed by atoms with Gasteiger partial charge in [0.15, 0.2) is 12.4 Å². The summed E-state index contributed by atoms with van der Waals surface area (Å²) in [6.07, 6.45) is 70.8. The van der Waals surface area contributed by atoms with Crippen LogP contribution in [0.1, 0.15) is 258 Å². The zero-order chi connectivity index (χ0) is 60.3. The van der Waals surface area contributed by atoms with E-state index in [9.17, 15) is 35.1 Å². The van der Waals surface area contributed by atoms with Crippen molar-refractivity contribution in [2.75, 3.05) is 13.2 Å². The number of unbranched alkanes of at least 4 members (excludes halogenated alkanes) is 23. The van der Waals surface area contributed by atoms with Gasteiger partial charge in [-0.15, -0.1) is 0 Å². The molecule has 1 aliphatic rings. The van der Waals surface area contributed by atoms with Crippen molar-refractivity contribution in [3.8, 4) is 0 Å². The first-order valence-electron chi connectivity index (χ1n) is 33.3. The van der Waals surface area contributed by atoms with Crippen LogP contribution in [0.25, 0.3) is 0 Å². The number of ether oxygens (including phenoxy) is 3. The van der Waals surface area contributed by atoms with E-state index in [1.54, 1.807) is 6.08 Å². The number of esters is 1. The van der Waals surface area contributed by atoms with Crippen LogP contribution in [0.15, 0.2) is 122 Å². The topological polar surface area (TPSA) is 175 Å². The third kappa shape index (κ3) is 46.0. The summed E-state index contributed by atoms with van der Waals surface area (Å²) in [6, 6.07) is -1.05. The normalized spacial score (nSPS) is 19.3. The number of hydrogen-bond donors (Lipinski definition) is 6. The van der Waals surface area contributed by atoms with E-state index in [1.807, 2.05) is 6.08 Å². The van der Waals surface area contributed by atoms with E-state index >= 15 is 0 Å². The third-order valence-electron chi connectivity index (χ3n) is 14.8. The number of rotatable bonds is 55. The molecule has 1 aliphatic heterocycles. The highest BCUT2D eigenvalue weighted by Crippen LogP contribution is 2.26. The number of carbonyl (C=O) groups excluding carboxylic acids is 2. The highest BCUT2D eigenvalue weighted by Gasteiger charge is 2.47. The van der Waals surface area contributed by atoms with Gasteiger partial charge in [0.05, 0.1) is 25.4 Å². The van der Waals surface area contributed by atoms with Gasteiger partial charge in [0.1, 0.15) is 24.4 Å². The molecule has 0 aromatic rings. The summed E-state index contributed by atoms with van der Waals surface area (Å²) in [4.78, 5) is 26.6. The van der Waals surface area contributed by atoms with Crippen molar-refractivity contribution >= 4 is 11.9 Å². The number of aliphatic hydroxyl groups excluding tert-OH is 5. The largest absolute Gasteiger partial charge is 0.454 e. The first kappa shape index (κ1) is 77.1. The average Bonchev–Trinajstić information content (AvgIpc) is 3.67. The third-order valence-corrected chi connectivity index (χ3v) is 14.8. The summed E-state index contributed by atoms with van der Waals surface area (Å²) in [5.74, 6) is -1.24. The monoisotopic (exact) mass is 1160 g/mol. The van der Waals surface area contributed by atoms with Crippen molar-refractivity contribution in [1.82, 2.24) is 5.32 Å². The molecular weight excluding hydrogens is 1040 g/mol. The van der Waals surface area contributed by atoms with Gasteiger partial charge in [-0.05, 0) is 116 Å². The molecule has 11 nitrogen and oxygen atoms in total. The molecule has 8 atom stereocenters. The Morgan fingerprint density at radius 1 is 0.482 bits per heavy atom. The Bertz CT molecular complexity index is 1810. The summed E-state index contributed by atoms with van der Waals surface area (Å²) < 4.78 is 17.6. The van der Waals surface area contributed by atoms with Gasteiger partial charge in [-0.1, -0.05) is 258 Å². The highest BCUT2D eigenvalue weighted by atomic mass is 16.7. The van der Waals surface area contributed by atoms with Crippen LogP contribution >= 0.6 is 0 Å². The van der Waals surface area contributed by atoms with Crippen LogP contribution < -0.4 is 5.32 Å². The molecule has 1 heterocycles. The lowest BCUT2D eigenvalue weighted by atomic mass is 9.99. The van der Waals surface area contributed by atoms with Gasteiger partial charge in [0.25, 0.3) is 0 Å². The second-order valence-electron chi connectivity index (χ2n) is 22.5. The molecule has 1 amide bonds. The van der Waals surface area contributed by atoms with Crippen molar-refractivity contribution < 1.29 is 49.3 Å². The minimum absolute atomic E-state index is 0.0900. The standard InChI is InChI=1S/C72H121NO10/c1-4-7-10-13-16-19-22-25-27-29-30-31-32-33-34-35-37-38-41-44-47-50-53-56-59-65(76)71(80)73-63(64(75)58-55-52-49-46-43-40-24-21-18-15-12-9-6-3)62-81-72-70(69(79)68(78)66(61-74)82-72)83-67(77)60-57-54-51-48-45-42-39-36-28-26-23-20-17-14-11-8-5-2/h7,10,16-17,19-20,25-28,30-31,33-34,37-39,42,55,58,63-66,68-70,72,74-76,78-79H,4-6,8-9,11-15,18,21-24,29,32,35-36,40-41,43-54,56-57,59-62H2,1-3H3,(H,73,80)/b10-7-,19-16-,20-17-,27-25-,28-26-,31-30-,34-33-,38-37-,42-39-,58-55+. The molecule has 0 aromatic heterocycles. The van der Waals surface area contributed by atoms with Crippen LogP contribution in [0.3, 0.4) is 0 Å². The maximum atomic E-state index is 13.5. The molecule has 6 N–H and O–H groups in total. The molecular formula is C72H121NO10. The molecule has 0 aromatic carbocycles. The Hall–Kier alpha value is -3.94. The fourth-order valence-corrected chi connectivity index (χ4v) is 9.60. The number of allylic oxidation sites excluding steroid dienone is 19. The number of aliphatic hydroxyl groups is 5. The van der Waals surface area contributed by atoms with Gasteiger partial charge in [0, 0.05) is 6.42 Å². The van der Waals surface area contributed by atoms with E-state index in [2.05, 4.69) is 135 Å². The lowest BCUT2D eigenvalue weighted by Gasteiger charge is -2.41. The Labute approximate surface area is 506 Å². The lowest BCUT2D eigenvalue weighted by molar-refractivity contribution is -0.305. The fourth-order valence-electron chi connectivity index (χ4n) is 9.60. The van der Waals surface area contributed by atoms with Gasteiger partial charge in [-0.25, -0.2) is 0 Å². The highest BCUT2D eigenvalue weighted by molar-refractivity contribution is 5.80. The van der Waals surface area contributed by atoms with Gasteiger partial charge in [-0.2, -0.15) is 0 Å². The molecule has 83 heavy (non-hydrogen) atoms. The number of amides is 1. The van der Waals surface area contributed by atoms with Crippen molar-refractivity contribution in [3.63, 3.8) is 0 Å². The molecule has 474 valence electrons. The van der Waals surface area contributed by atoms with Crippen molar-refractivity contribution in [1.29, 1.82) is 0 Å². The smallest absolute Gasteiger partial charge is 0.306 e. The molecule has 1 fully saturated rings. The second kappa shape index (κ2) is 58.4. The summed E-state index contributed by atoms with van der Waals surface area (Å²) in [6.45, 7) is 5.63. The van der Waals surface area contributed by atoms with E-state index in [1.165, 1.54) is 70.6 Å². The zero-order valence-corrected chi connectivity index (χ0v) is 52.5. The Kier molecular flexibility index (Phi) is 54.3. The molecule has 0 radical (unpaired) electrons. The first-order chi connectivity index (χ1) is 40.7. The minimum atomic E-state index is -1.63. The Balaban J connectivity index is 2.68. The van der Waals surface area contributed by atoms with Crippen LogP contribution in [-0.2, 0) is 23.8 Å². The Morgan fingerprint density at radius 3 is 1.33 bits per heavy atom. The van der Waals surface area contributed by atoms with Crippen LogP contribution in [0.5, 0.6) is 0 Å². The molecule has 0 bridgehead atoms. The van der Waals surface area contributed by atoms with Crippen molar-refractivity contribution in [3.05, 3.63) is 122 Å². The summed E-state index contributed by atoms with van der Waals surface area (Å²) >= 11 is 0. The van der Waals surface area contributed by atoms with Gasteiger partial charge in [-0.3, -0.25) is 9.59 Å². The minimum Gasteiger partial charge on any atom is -0.454 e. The molecule has 1 saturated heterocycles. The second-order valence-corrected chi connectivity index (χ2v) is 22.5. The first-order valence-corrected chi connectivity index (χ1v) is 33.3. The van der Waals surface area contributed by atoms with Gasteiger partial charge < -0.3 is 45.1 Å². The predicted octanol–water partition coefficient (Wildman–Crippen LogP) is 16.6. The van der Waals surface area contributed by atoms with E-state index in [4.69, 9.17) is 14.2 Å². The average molecular weight is 1160 g/mol. The van der Waals surface area contributed by atoms with Crippen LogP contribution in [-0.4, -0.2) is 99.6 Å². The molecule has 1 rings (SSSR count).